The van der Waals surface area contributed by atoms with Gasteiger partial charge in [-0.1, -0.05) is 24.3 Å². The molecule has 2 aromatic heterocycles. The maximum Gasteiger partial charge on any atom is 0.279 e. The summed E-state index contributed by atoms with van der Waals surface area (Å²) in [5, 5.41) is 18.0. The van der Waals surface area contributed by atoms with E-state index in [1.165, 1.54) is 15.1 Å². The van der Waals surface area contributed by atoms with E-state index in [0.29, 0.717) is 18.0 Å². The fraction of sp³-hybridized carbons (Fsp3) is 0.333. The molecule has 1 aromatic carbocycles. The molecule has 0 bridgehead atoms. The molecule has 0 aliphatic heterocycles. The van der Waals surface area contributed by atoms with E-state index in [9.17, 15) is 4.79 Å². The first kappa shape index (κ1) is 15.0. The Balaban J connectivity index is 1.75. The van der Waals surface area contributed by atoms with E-state index in [1.807, 2.05) is 12.1 Å². The number of fused-ring (bicyclic) bond motifs is 3. The standard InChI is InChI=1S/C18H16N4OS/c1-11-2-7-14-15(8-11)24-17-16(14)18(23)22(21-20-17)10-13-5-3-12(9-19)4-6-13/h3-6,11H,2,7-8,10H2,1H3. The van der Waals surface area contributed by atoms with Gasteiger partial charge in [0.2, 0.25) is 0 Å². The zero-order chi connectivity index (χ0) is 16.7. The molecule has 4 rings (SSSR count). The average molecular weight is 336 g/mol. The maximum atomic E-state index is 12.9. The minimum Gasteiger partial charge on any atom is -0.267 e. The first-order valence-corrected chi connectivity index (χ1v) is 8.84. The third-order valence-electron chi connectivity index (χ3n) is 4.60. The molecule has 1 atom stereocenters. The fourth-order valence-corrected chi connectivity index (χ4v) is 4.57. The van der Waals surface area contributed by atoms with Crippen molar-refractivity contribution in [3.8, 4) is 6.07 Å². The van der Waals surface area contributed by atoms with Gasteiger partial charge in [0.25, 0.3) is 5.56 Å². The summed E-state index contributed by atoms with van der Waals surface area (Å²) in [6.45, 7) is 2.62. The topological polar surface area (TPSA) is 71.6 Å². The Morgan fingerprint density at radius 3 is 2.92 bits per heavy atom. The second-order valence-electron chi connectivity index (χ2n) is 6.39. The molecular weight excluding hydrogens is 320 g/mol. The molecule has 2 heterocycles. The Morgan fingerprint density at radius 2 is 2.17 bits per heavy atom. The molecule has 6 heteroatoms. The summed E-state index contributed by atoms with van der Waals surface area (Å²) in [7, 11) is 0. The normalized spacial score (nSPS) is 16.8. The molecule has 5 nitrogen and oxygen atoms in total. The number of aryl methyl sites for hydroxylation is 1. The van der Waals surface area contributed by atoms with E-state index in [1.54, 1.807) is 23.5 Å². The van der Waals surface area contributed by atoms with E-state index in [0.717, 1.165) is 35.0 Å². The average Bonchev–Trinajstić information content (AvgIpc) is 2.96. The van der Waals surface area contributed by atoms with Crippen molar-refractivity contribution in [1.82, 2.24) is 15.0 Å². The second kappa shape index (κ2) is 5.84. The van der Waals surface area contributed by atoms with Gasteiger partial charge in [0.05, 0.1) is 23.6 Å². The van der Waals surface area contributed by atoms with Crippen LogP contribution >= 0.6 is 11.3 Å². The van der Waals surface area contributed by atoms with E-state index in [2.05, 4.69) is 23.3 Å². The molecule has 0 radical (unpaired) electrons. The lowest BCUT2D eigenvalue weighted by Crippen LogP contribution is -2.25. The van der Waals surface area contributed by atoms with Crippen molar-refractivity contribution in [1.29, 1.82) is 5.26 Å². The number of hydrogen-bond acceptors (Lipinski definition) is 5. The number of benzene rings is 1. The molecule has 0 N–H and O–H groups in total. The second-order valence-corrected chi connectivity index (χ2v) is 7.48. The van der Waals surface area contributed by atoms with Crippen molar-refractivity contribution in [2.45, 2.75) is 32.7 Å². The van der Waals surface area contributed by atoms with Crippen molar-refractivity contribution in [2.24, 2.45) is 5.92 Å². The molecule has 0 fully saturated rings. The molecule has 0 spiro atoms. The molecule has 0 amide bonds. The third kappa shape index (κ3) is 2.51. The summed E-state index contributed by atoms with van der Waals surface area (Å²) in [6.07, 6.45) is 3.11. The Labute approximate surface area is 143 Å². The van der Waals surface area contributed by atoms with Crippen LogP contribution in [0.1, 0.15) is 34.9 Å². The van der Waals surface area contributed by atoms with Crippen LogP contribution in [0.15, 0.2) is 29.1 Å². The monoisotopic (exact) mass is 336 g/mol. The van der Waals surface area contributed by atoms with E-state index in [-0.39, 0.29) is 5.56 Å². The molecule has 1 aliphatic rings. The van der Waals surface area contributed by atoms with Crippen molar-refractivity contribution in [2.75, 3.05) is 0 Å². The smallest absolute Gasteiger partial charge is 0.267 e. The highest BCUT2D eigenvalue weighted by atomic mass is 32.1. The minimum atomic E-state index is -0.0589. The van der Waals surface area contributed by atoms with E-state index >= 15 is 0 Å². The zero-order valence-electron chi connectivity index (χ0n) is 13.3. The summed E-state index contributed by atoms with van der Waals surface area (Å²) >= 11 is 1.61. The lowest BCUT2D eigenvalue weighted by Gasteiger charge is -2.17. The lowest BCUT2D eigenvalue weighted by molar-refractivity contribution is 0.508. The van der Waals surface area contributed by atoms with Gasteiger partial charge < -0.3 is 0 Å². The van der Waals surface area contributed by atoms with Gasteiger partial charge in [-0.2, -0.15) is 5.26 Å². The molecule has 0 saturated heterocycles. The maximum absolute atomic E-state index is 12.9. The Morgan fingerprint density at radius 1 is 1.38 bits per heavy atom. The van der Waals surface area contributed by atoms with Crippen LogP contribution in [-0.4, -0.2) is 15.0 Å². The van der Waals surface area contributed by atoms with Crippen LogP contribution in [-0.2, 0) is 19.4 Å². The summed E-state index contributed by atoms with van der Waals surface area (Å²) < 4.78 is 1.43. The van der Waals surface area contributed by atoms with Crippen molar-refractivity contribution < 1.29 is 0 Å². The van der Waals surface area contributed by atoms with Crippen LogP contribution < -0.4 is 5.56 Å². The summed E-state index contributed by atoms with van der Waals surface area (Å²) in [5.41, 5.74) is 2.66. The first-order valence-electron chi connectivity index (χ1n) is 8.03. The van der Waals surface area contributed by atoms with Gasteiger partial charge in [0.15, 0.2) is 4.83 Å². The first-order chi connectivity index (χ1) is 11.7. The molecule has 120 valence electrons. The number of nitriles is 1. The number of rotatable bonds is 2. The number of hydrogen-bond donors (Lipinski definition) is 0. The van der Waals surface area contributed by atoms with Crippen LogP contribution in [0.25, 0.3) is 10.2 Å². The van der Waals surface area contributed by atoms with E-state index in [4.69, 9.17) is 5.26 Å². The predicted octanol–water partition coefficient (Wildman–Crippen LogP) is 2.90. The van der Waals surface area contributed by atoms with Crippen LogP contribution in [0.3, 0.4) is 0 Å². The summed E-state index contributed by atoms with van der Waals surface area (Å²) in [4.78, 5) is 14.9. The van der Waals surface area contributed by atoms with Crippen LogP contribution in [0.5, 0.6) is 0 Å². The quantitative estimate of drug-likeness (QED) is 0.721. The third-order valence-corrected chi connectivity index (χ3v) is 5.74. The predicted molar refractivity (Wildman–Crippen MR) is 93.1 cm³/mol. The number of aromatic nitrogens is 3. The summed E-state index contributed by atoms with van der Waals surface area (Å²) in [6, 6.07) is 9.29. The van der Waals surface area contributed by atoms with Gasteiger partial charge in [-0.25, -0.2) is 4.68 Å². The molecular formula is C18H16N4OS. The SMILES string of the molecule is CC1CCc2c(sc3nnn(Cc4ccc(C#N)cc4)c(=O)c23)C1. The van der Waals surface area contributed by atoms with Gasteiger partial charge in [0, 0.05) is 4.88 Å². The van der Waals surface area contributed by atoms with Crippen LogP contribution in [0, 0.1) is 17.2 Å². The van der Waals surface area contributed by atoms with Crippen molar-refractivity contribution in [3.05, 3.63) is 56.2 Å². The summed E-state index contributed by atoms with van der Waals surface area (Å²) in [5.74, 6) is 0.666. The van der Waals surface area contributed by atoms with Gasteiger partial charge in [-0.05, 0) is 48.4 Å². The molecule has 0 saturated carbocycles. The fourth-order valence-electron chi connectivity index (χ4n) is 3.25. The molecule has 1 aliphatic carbocycles. The highest BCUT2D eigenvalue weighted by Crippen LogP contribution is 2.35. The Kier molecular flexibility index (Phi) is 3.66. The lowest BCUT2D eigenvalue weighted by atomic mass is 9.89. The van der Waals surface area contributed by atoms with E-state index < -0.39 is 0 Å². The minimum absolute atomic E-state index is 0.0589. The Bertz CT molecular complexity index is 1010. The Hall–Kier alpha value is -2.52. The van der Waals surface area contributed by atoms with Crippen LogP contribution in [0.4, 0.5) is 0 Å². The molecule has 1 unspecified atom stereocenters. The van der Waals surface area contributed by atoms with Crippen molar-refractivity contribution >= 4 is 21.6 Å². The largest absolute Gasteiger partial charge is 0.279 e. The highest BCUT2D eigenvalue weighted by molar-refractivity contribution is 7.18. The number of nitrogens with zero attached hydrogens (tertiary/aromatic N) is 4. The number of thiophene rings is 1. The van der Waals surface area contributed by atoms with Gasteiger partial charge in [-0.15, -0.1) is 16.4 Å². The molecule has 24 heavy (non-hydrogen) atoms. The van der Waals surface area contributed by atoms with Crippen LogP contribution in [0.2, 0.25) is 0 Å². The highest BCUT2D eigenvalue weighted by Gasteiger charge is 2.23. The molecule has 3 aromatic rings. The van der Waals surface area contributed by atoms with Gasteiger partial charge >= 0.3 is 0 Å². The van der Waals surface area contributed by atoms with Gasteiger partial charge in [-0.3, -0.25) is 4.79 Å². The van der Waals surface area contributed by atoms with Crippen molar-refractivity contribution in [3.63, 3.8) is 0 Å². The van der Waals surface area contributed by atoms with Gasteiger partial charge in [0.1, 0.15) is 0 Å². The zero-order valence-corrected chi connectivity index (χ0v) is 14.1.